The molecule has 2 aliphatic rings. The number of benzene rings is 1. The number of urea groups is 1. The van der Waals surface area contributed by atoms with Gasteiger partial charge in [0.2, 0.25) is 0 Å². The maximum absolute atomic E-state index is 13.7. The van der Waals surface area contributed by atoms with Crippen molar-refractivity contribution in [2.75, 3.05) is 6.54 Å². The third kappa shape index (κ3) is 4.82. The average Bonchev–Trinajstić information content (AvgIpc) is 3.43. The number of hydrogen-bond donors (Lipinski definition) is 2. The van der Waals surface area contributed by atoms with Gasteiger partial charge in [-0.1, -0.05) is 48.5 Å². The number of likely N-dealkylation sites (tertiary alicyclic amines) is 1. The molecule has 4 rings (SSSR count). The Morgan fingerprint density at radius 1 is 1.18 bits per heavy atom. The van der Waals surface area contributed by atoms with Gasteiger partial charge in [-0.3, -0.25) is 0 Å². The van der Waals surface area contributed by atoms with Crippen LogP contribution in [0.25, 0.3) is 11.3 Å². The Kier molecular flexibility index (Phi) is 7.70. The Hall–Kier alpha value is -1.58. The number of imide groups is 1. The molecule has 1 aromatic carbocycles. The van der Waals surface area contributed by atoms with Crippen LogP contribution in [0.15, 0.2) is 18.2 Å². The lowest BCUT2D eigenvalue weighted by atomic mass is 9.83. The molecule has 2 fully saturated rings. The highest BCUT2D eigenvalue weighted by atomic mass is 35.5. The van der Waals surface area contributed by atoms with Crippen molar-refractivity contribution in [2.24, 2.45) is 11.7 Å². The van der Waals surface area contributed by atoms with E-state index in [0.29, 0.717) is 22.4 Å². The molecule has 33 heavy (non-hydrogen) atoms. The molecule has 2 heterocycles. The van der Waals surface area contributed by atoms with Gasteiger partial charge in [0, 0.05) is 30.0 Å². The zero-order valence-electron chi connectivity index (χ0n) is 18.7. The van der Waals surface area contributed by atoms with Gasteiger partial charge in [-0.2, -0.15) is 13.2 Å². The number of halogens is 2. The lowest BCUT2D eigenvalue weighted by molar-refractivity contribution is -0.785. The number of carbonyl (C=O) groups excluding carboxylic acids is 2. The largest absolute Gasteiger partial charge is 0.424 e. The summed E-state index contributed by atoms with van der Waals surface area (Å²) in [5.74, 6) is 0.00292. The van der Waals surface area contributed by atoms with Crippen molar-refractivity contribution in [2.45, 2.75) is 70.5 Å². The molecule has 0 bridgehead atoms. The zero-order valence-corrected chi connectivity index (χ0v) is 21.1. The van der Waals surface area contributed by atoms with Gasteiger partial charge in [-0.05, 0) is 43.4 Å². The Morgan fingerprint density at radius 3 is 2.58 bits per heavy atom. The number of nitrogens with two attached hydrogens (primary N) is 1. The van der Waals surface area contributed by atoms with Gasteiger partial charge in [0.15, 0.2) is 5.15 Å². The maximum Gasteiger partial charge on any atom is 0.424 e. The van der Waals surface area contributed by atoms with Crippen LogP contribution >= 0.6 is 34.9 Å². The normalized spacial score (nSPS) is 24.5. The molecule has 1 saturated heterocycles. The van der Waals surface area contributed by atoms with Gasteiger partial charge in [-0.25, -0.2) is 9.59 Å². The molecule has 1 aliphatic carbocycles. The highest BCUT2D eigenvalue weighted by molar-refractivity contribution is 6.99. The van der Waals surface area contributed by atoms with Crippen LogP contribution < -0.4 is 11.1 Å². The van der Waals surface area contributed by atoms with E-state index in [1.165, 1.54) is 6.42 Å². The smallest absolute Gasteiger partial charge is 0.316 e. The van der Waals surface area contributed by atoms with Crippen molar-refractivity contribution in [1.82, 2.24) is 14.1 Å². The number of amides is 3. The molecule has 2 aromatic rings. The first-order valence-electron chi connectivity index (χ1n) is 11.6. The van der Waals surface area contributed by atoms with Crippen molar-refractivity contribution < 1.29 is 14.1 Å². The number of rotatable bonds is 5. The summed E-state index contributed by atoms with van der Waals surface area (Å²) in [4.78, 5) is 27.3. The fourth-order valence-electron chi connectivity index (χ4n) is 5.36. The SMILES string of the molecule is C[C@@H]1CCC[N+]1(C(=O)NCc1cc(Cl)ccc1-c1nsnc1Cl)C(=O)[C@H](N)C1CCCCC1. The molecule has 0 spiro atoms. The fourth-order valence-corrected chi connectivity index (χ4v) is 6.30. The molecule has 1 unspecified atom stereocenters. The van der Waals surface area contributed by atoms with E-state index in [4.69, 9.17) is 28.9 Å². The molecular weight excluding hydrogens is 481 g/mol. The summed E-state index contributed by atoms with van der Waals surface area (Å²) in [7, 11) is 0. The van der Waals surface area contributed by atoms with E-state index < -0.39 is 6.04 Å². The number of nitrogens with one attached hydrogen (secondary N) is 1. The summed E-state index contributed by atoms with van der Waals surface area (Å²) >= 11 is 13.5. The summed E-state index contributed by atoms with van der Waals surface area (Å²) in [6.45, 7) is 2.65. The quantitative estimate of drug-likeness (QED) is 0.541. The lowest BCUT2D eigenvalue weighted by Crippen LogP contribution is -2.67. The first-order chi connectivity index (χ1) is 15.8. The molecule has 1 aliphatic heterocycles. The number of aromatic nitrogens is 2. The van der Waals surface area contributed by atoms with E-state index >= 15 is 0 Å². The van der Waals surface area contributed by atoms with Crippen molar-refractivity contribution in [3.05, 3.63) is 33.9 Å². The average molecular weight is 511 g/mol. The van der Waals surface area contributed by atoms with E-state index in [-0.39, 0.29) is 34.9 Å². The van der Waals surface area contributed by atoms with Crippen molar-refractivity contribution in [3.63, 3.8) is 0 Å². The van der Waals surface area contributed by atoms with Gasteiger partial charge in [-0.15, -0.1) is 0 Å². The van der Waals surface area contributed by atoms with Gasteiger partial charge in [0.25, 0.3) is 0 Å². The second-order valence-corrected chi connectivity index (χ2v) is 10.5. The van der Waals surface area contributed by atoms with Crippen LogP contribution in [0.1, 0.15) is 57.4 Å². The van der Waals surface area contributed by atoms with E-state index in [9.17, 15) is 9.59 Å². The minimum atomic E-state index is -0.613. The van der Waals surface area contributed by atoms with E-state index in [1.807, 2.05) is 13.0 Å². The number of hydrogen-bond acceptors (Lipinski definition) is 6. The molecule has 1 aromatic heterocycles. The third-order valence-corrected chi connectivity index (χ3v) is 8.41. The highest BCUT2D eigenvalue weighted by Gasteiger charge is 2.55. The topological polar surface area (TPSA) is 98.0 Å². The van der Waals surface area contributed by atoms with Crippen molar-refractivity contribution in [1.29, 1.82) is 0 Å². The number of carbonyl (C=O) groups is 2. The van der Waals surface area contributed by atoms with Crippen LogP contribution in [0, 0.1) is 5.92 Å². The van der Waals surface area contributed by atoms with Crippen LogP contribution in [0.3, 0.4) is 0 Å². The number of quaternary nitrogens is 1. The van der Waals surface area contributed by atoms with Gasteiger partial charge < -0.3 is 11.1 Å². The van der Waals surface area contributed by atoms with Crippen LogP contribution in [0.4, 0.5) is 4.79 Å². The Labute approximate surface area is 208 Å². The van der Waals surface area contributed by atoms with E-state index in [2.05, 4.69) is 14.1 Å². The molecule has 1 saturated carbocycles. The molecule has 3 N–H and O–H groups in total. The monoisotopic (exact) mass is 510 g/mol. The van der Waals surface area contributed by atoms with E-state index in [0.717, 1.165) is 61.4 Å². The minimum Gasteiger partial charge on any atom is -0.316 e. The zero-order chi connectivity index (χ0) is 23.6. The Morgan fingerprint density at radius 2 is 1.94 bits per heavy atom. The summed E-state index contributed by atoms with van der Waals surface area (Å²) in [6, 6.07) is 4.33. The second kappa shape index (κ2) is 10.4. The van der Waals surface area contributed by atoms with Gasteiger partial charge in [0.1, 0.15) is 17.8 Å². The Balaban J connectivity index is 1.56. The van der Waals surface area contributed by atoms with Gasteiger partial charge >= 0.3 is 11.9 Å². The molecule has 178 valence electrons. The molecule has 3 amide bonds. The summed E-state index contributed by atoms with van der Waals surface area (Å²) < 4.78 is 8.09. The van der Waals surface area contributed by atoms with E-state index in [1.54, 1.807) is 12.1 Å². The Bertz CT molecular complexity index is 1030. The lowest BCUT2D eigenvalue weighted by Gasteiger charge is -2.37. The fraction of sp³-hybridized carbons (Fsp3) is 0.565. The first kappa shape index (κ1) is 24.5. The summed E-state index contributed by atoms with van der Waals surface area (Å²) in [6.07, 6.45) is 6.93. The standard InChI is InChI=1S/C23H29Cl2N5O2S/c1-14-6-5-11-30(14,22(31)19(26)15-7-3-2-4-8-15)23(32)27-13-16-12-17(24)9-10-18(16)20-21(25)29-33-28-20/h9-10,12,14-15,19H,2-8,11,13,26H2,1H3/p+1/t14-,19-,30?/m1/s1. The van der Waals surface area contributed by atoms with Crippen LogP contribution in [-0.2, 0) is 11.3 Å². The molecule has 7 nitrogen and oxygen atoms in total. The maximum atomic E-state index is 13.7. The molecule has 10 heteroatoms. The first-order valence-corrected chi connectivity index (χ1v) is 13.1. The van der Waals surface area contributed by atoms with Crippen LogP contribution in [0.5, 0.6) is 0 Å². The molecule has 3 atom stereocenters. The van der Waals surface area contributed by atoms with Crippen molar-refractivity contribution in [3.8, 4) is 11.3 Å². The minimum absolute atomic E-state index is 0.108. The van der Waals surface area contributed by atoms with Crippen molar-refractivity contribution >= 4 is 46.9 Å². The second-order valence-electron chi connectivity index (χ2n) is 9.21. The van der Waals surface area contributed by atoms with Gasteiger partial charge in [0.05, 0.1) is 18.3 Å². The highest BCUT2D eigenvalue weighted by Crippen LogP contribution is 2.34. The predicted octanol–water partition coefficient (Wildman–Crippen LogP) is 5.15. The summed E-state index contributed by atoms with van der Waals surface area (Å²) in [5, 5.41) is 3.85. The third-order valence-electron chi connectivity index (χ3n) is 7.28. The molecule has 0 radical (unpaired) electrons. The number of nitrogens with zero attached hydrogens (tertiary/aromatic N) is 3. The van der Waals surface area contributed by atoms with Crippen LogP contribution in [0.2, 0.25) is 10.2 Å². The predicted molar refractivity (Wildman–Crippen MR) is 131 cm³/mol. The summed E-state index contributed by atoms with van der Waals surface area (Å²) in [5.41, 5.74) is 8.57. The molecular formula is C23H30Cl2N5O2S+. The van der Waals surface area contributed by atoms with Crippen LogP contribution in [-0.4, -0.2) is 43.8 Å².